The van der Waals surface area contributed by atoms with Crippen molar-refractivity contribution in [2.24, 2.45) is 5.92 Å². The lowest BCUT2D eigenvalue weighted by Crippen LogP contribution is -2.41. The topological polar surface area (TPSA) is 66.7 Å². The van der Waals surface area contributed by atoms with Crippen molar-refractivity contribution >= 4 is 10.0 Å². The van der Waals surface area contributed by atoms with Crippen LogP contribution in [0, 0.1) is 12.8 Å². The third-order valence-corrected chi connectivity index (χ3v) is 5.57. The maximum atomic E-state index is 11.5. The second-order valence-corrected chi connectivity index (χ2v) is 8.35. The molecular weight excluding hydrogens is 302 g/mol. The Kier molecular flexibility index (Phi) is 5.63. The number of hydrogen-bond acceptors (Lipinski definition) is 5. The summed E-state index contributed by atoms with van der Waals surface area (Å²) in [4.78, 5) is 6.76. The van der Waals surface area contributed by atoms with E-state index >= 15 is 0 Å². The van der Waals surface area contributed by atoms with E-state index in [2.05, 4.69) is 9.88 Å². The molecule has 1 atom stereocenters. The average Bonchev–Trinajstić information content (AvgIpc) is 2.79. The lowest BCUT2D eigenvalue weighted by atomic mass is 9.98. The molecule has 2 heterocycles. The van der Waals surface area contributed by atoms with Crippen LogP contribution < -0.4 is 0 Å². The summed E-state index contributed by atoms with van der Waals surface area (Å²) in [5, 5.41) is 0. The van der Waals surface area contributed by atoms with Crippen LogP contribution in [0.1, 0.15) is 37.1 Å². The molecule has 1 aromatic heterocycles. The summed E-state index contributed by atoms with van der Waals surface area (Å²) < 4.78 is 30.3. The van der Waals surface area contributed by atoms with E-state index in [9.17, 15) is 8.42 Å². The van der Waals surface area contributed by atoms with Gasteiger partial charge in [-0.25, -0.2) is 17.7 Å². The van der Waals surface area contributed by atoms with Gasteiger partial charge < -0.3 is 4.42 Å². The van der Waals surface area contributed by atoms with E-state index in [1.165, 1.54) is 10.6 Å². The molecule has 126 valence electrons. The van der Waals surface area contributed by atoms with Crippen LogP contribution in [0.4, 0.5) is 0 Å². The molecule has 1 aliphatic rings. The second kappa shape index (κ2) is 7.10. The standard InChI is InChI=1S/C15H27N3O3S/c1-5-15-16-12(2)14(21-15)11-18-8-6-7-13(10-18)9-17(3)22(4,19)20/h13H,5-11H2,1-4H3/t13-/m1/s1. The maximum Gasteiger partial charge on any atom is 0.210 e. The molecule has 1 aromatic rings. The number of likely N-dealkylation sites (tertiary alicyclic amines) is 1. The van der Waals surface area contributed by atoms with Crippen molar-refractivity contribution in [2.45, 2.75) is 39.7 Å². The molecule has 1 fully saturated rings. The highest BCUT2D eigenvalue weighted by atomic mass is 32.2. The number of rotatable bonds is 6. The van der Waals surface area contributed by atoms with E-state index < -0.39 is 10.0 Å². The van der Waals surface area contributed by atoms with Crippen molar-refractivity contribution < 1.29 is 12.8 Å². The van der Waals surface area contributed by atoms with Crippen molar-refractivity contribution in [1.82, 2.24) is 14.2 Å². The highest BCUT2D eigenvalue weighted by molar-refractivity contribution is 7.88. The van der Waals surface area contributed by atoms with Crippen LogP contribution in [-0.2, 0) is 23.0 Å². The van der Waals surface area contributed by atoms with Gasteiger partial charge in [0.1, 0.15) is 5.76 Å². The molecule has 7 heteroatoms. The van der Waals surface area contributed by atoms with Crippen LogP contribution >= 0.6 is 0 Å². The number of aromatic nitrogens is 1. The van der Waals surface area contributed by atoms with Crippen LogP contribution in [0.5, 0.6) is 0 Å². The number of oxazole rings is 1. The highest BCUT2D eigenvalue weighted by Gasteiger charge is 2.25. The van der Waals surface area contributed by atoms with Gasteiger partial charge in [0, 0.05) is 26.6 Å². The van der Waals surface area contributed by atoms with Crippen molar-refractivity contribution in [3.05, 3.63) is 17.3 Å². The fraction of sp³-hybridized carbons (Fsp3) is 0.800. The van der Waals surface area contributed by atoms with Crippen LogP contribution in [0.15, 0.2) is 4.42 Å². The third-order valence-electron chi connectivity index (χ3n) is 4.29. The van der Waals surface area contributed by atoms with E-state index in [1.807, 2.05) is 13.8 Å². The predicted molar refractivity (Wildman–Crippen MR) is 86.1 cm³/mol. The largest absolute Gasteiger partial charge is 0.444 e. The zero-order chi connectivity index (χ0) is 16.3. The van der Waals surface area contributed by atoms with Gasteiger partial charge >= 0.3 is 0 Å². The Bertz CT molecular complexity index is 597. The zero-order valence-electron chi connectivity index (χ0n) is 14.0. The molecule has 0 aromatic carbocycles. The third kappa shape index (κ3) is 4.54. The van der Waals surface area contributed by atoms with E-state index in [0.717, 1.165) is 56.2 Å². The Hall–Kier alpha value is -0.920. The molecule has 0 amide bonds. The van der Waals surface area contributed by atoms with E-state index in [4.69, 9.17) is 4.42 Å². The van der Waals surface area contributed by atoms with E-state index in [1.54, 1.807) is 7.05 Å². The molecule has 0 radical (unpaired) electrons. The van der Waals surface area contributed by atoms with Crippen molar-refractivity contribution in [3.63, 3.8) is 0 Å². The normalized spacial score (nSPS) is 20.7. The van der Waals surface area contributed by atoms with Crippen LogP contribution in [-0.4, -0.2) is 55.5 Å². The van der Waals surface area contributed by atoms with Crippen molar-refractivity contribution in [2.75, 3.05) is 32.9 Å². The first-order chi connectivity index (χ1) is 10.3. The second-order valence-electron chi connectivity index (χ2n) is 6.26. The molecule has 0 saturated carbocycles. The Labute approximate surface area is 133 Å². The molecule has 0 aliphatic carbocycles. The summed E-state index contributed by atoms with van der Waals surface area (Å²) in [6, 6.07) is 0. The van der Waals surface area contributed by atoms with Crippen LogP contribution in [0.2, 0.25) is 0 Å². The zero-order valence-corrected chi connectivity index (χ0v) is 14.8. The molecule has 1 saturated heterocycles. The lowest BCUT2D eigenvalue weighted by Gasteiger charge is -2.33. The average molecular weight is 329 g/mol. The molecule has 6 nitrogen and oxygen atoms in total. The van der Waals surface area contributed by atoms with E-state index in [0.29, 0.717) is 12.5 Å². The molecule has 2 rings (SSSR count). The van der Waals surface area contributed by atoms with Gasteiger partial charge in [-0.3, -0.25) is 4.90 Å². The fourth-order valence-corrected chi connectivity index (χ4v) is 3.41. The van der Waals surface area contributed by atoms with Crippen molar-refractivity contribution in [3.8, 4) is 0 Å². The highest BCUT2D eigenvalue weighted by Crippen LogP contribution is 2.21. The molecule has 0 spiro atoms. The van der Waals surface area contributed by atoms with Gasteiger partial charge in [0.15, 0.2) is 5.89 Å². The van der Waals surface area contributed by atoms with Crippen LogP contribution in [0.3, 0.4) is 0 Å². The number of aryl methyl sites for hydroxylation is 2. The van der Waals surface area contributed by atoms with Gasteiger partial charge in [-0.05, 0) is 32.2 Å². The molecule has 0 N–H and O–H groups in total. The number of piperidine rings is 1. The van der Waals surface area contributed by atoms with Crippen molar-refractivity contribution in [1.29, 1.82) is 0 Å². The molecule has 0 bridgehead atoms. The SMILES string of the molecule is CCc1nc(C)c(CN2CCC[C@H](CN(C)S(C)(=O)=O)C2)o1. The molecule has 0 unspecified atom stereocenters. The Morgan fingerprint density at radius 2 is 2.18 bits per heavy atom. The summed E-state index contributed by atoms with van der Waals surface area (Å²) in [6.07, 6.45) is 4.24. The summed E-state index contributed by atoms with van der Waals surface area (Å²) in [7, 11) is -1.44. The monoisotopic (exact) mass is 329 g/mol. The fourth-order valence-electron chi connectivity index (χ4n) is 2.93. The summed E-state index contributed by atoms with van der Waals surface area (Å²) in [5.41, 5.74) is 0.965. The molecule has 1 aliphatic heterocycles. The number of sulfonamides is 1. The van der Waals surface area contributed by atoms with Gasteiger partial charge in [0.2, 0.25) is 10.0 Å². The first-order valence-corrected chi connectivity index (χ1v) is 9.73. The minimum absolute atomic E-state index is 0.377. The summed E-state index contributed by atoms with van der Waals surface area (Å²) in [5.74, 6) is 2.11. The first kappa shape index (κ1) is 17.4. The molecule has 22 heavy (non-hydrogen) atoms. The van der Waals surface area contributed by atoms with Gasteiger partial charge in [0.05, 0.1) is 18.5 Å². The number of hydrogen-bond donors (Lipinski definition) is 0. The van der Waals surface area contributed by atoms with Crippen LogP contribution in [0.25, 0.3) is 0 Å². The quantitative estimate of drug-likeness (QED) is 0.794. The predicted octanol–water partition coefficient (Wildman–Crippen LogP) is 1.65. The Balaban J connectivity index is 1.94. The Morgan fingerprint density at radius 3 is 2.77 bits per heavy atom. The summed E-state index contributed by atoms with van der Waals surface area (Å²) >= 11 is 0. The first-order valence-electron chi connectivity index (χ1n) is 7.88. The lowest BCUT2D eigenvalue weighted by molar-refractivity contribution is 0.145. The summed E-state index contributed by atoms with van der Waals surface area (Å²) in [6.45, 7) is 7.30. The van der Waals surface area contributed by atoms with Gasteiger partial charge in [-0.2, -0.15) is 0 Å². The maximum absolute atomic E-state index is 11.5. The van der Waals surface area contributed by atoms with Gasteiger partial charge in [-0.15, -0.1) is 0 Å². The Morgan fingerprint density at radius 1 is 1.45 bits per heavy atom. The smallest absolute Gasteiger partial charge is 0.210 e. The van der Waals surface area contributed by atoms with E-state index in [-0.39, 0.29) is 0 Å². The minimum atomic E-state index is -3.10. The van der Waals surface area contributed by atoms with Gasteiger partial charge in [-0.1, -0.05) is 6.92 Å². The minimum Gasteiger partial charge on any atom is -0.444 e. The number of nitrogens with zero attached hydrogens (tertiary/aromatic N) is 3. The van der Waals surface area contributed by atoms with Gasteiger partial charge in [0.25, 0.3) is 0 Å². The molecular formula is C15H27N3O3S.